The van der Waals surface area contributed by atoms with Gasteiger partial charge in [-0.05, 0) is 84.2 Å². The number of rotatable bonds is 8. The molecule has 3 aromatic rings. The Morgan fingerprint density at radius 3 is 2.58 bits per heavy atom. The number of amides is 1. The summed E-state index contributed by atoms with van der Waals surface area (Å²) in [5.74, 6) is -0.665. The Balaban J connectivity index is 1.52. The Hall–Kier alpha value is -2.70. The maximum absolute atomic E-state index is 15.6. The van der Waals surface area contributed by atoms with Gasteiger partial charge in [-0.15, -0.1) is 0 Å². The predicted molar refractivity (Wildman–Crippen MR) is 141 cm³/mol. The first-order valence-electron chi connectivity index (χ1n) is 11.8. The topological polar surface area (TPSA) is 113 Å². The number of alkyl halides is 1. The molecule has 1 heterocycles. The van der Waals surface area contributed by atoms with Gasteiger partial charge in [0.1, 0.15) is 11.6 Å². The lowest BCUT2D eigenvalue weighted by atomic mass is 9.85. The van der Waals surface area contributed by atoms with E-state index in [0.717, 1.165) is 18.5 Å². The molecule has 1 amide bonds. The molecule has 4 rings (SSSR count). The van der Waals surface area contributed by atoms with Crippen LogP contribution in [0.4, 0.5) is 14.6 Å². The number of aliphatic hydroxyl groups is 1. The van der Waals surface area contributed by atoms with Crippen LogP contribution in [0, 0.1) is 9.39 Å². The van der Waals surface area contributed by atoms with E-state index in [0.29, 0.717) is 27.7 Å². The van der Waals surface area contributed by atoms with Crippen molar-refractivity contribution in [1.29, 1.82) is 0 Å². The zero-order chi connectivity index (χ0) is 25.7. The first-order valence-corrected chi connectivity index (χ1v) is 12.9. The molecule has 1 unspecified atom stereocenters. The van der Waals surface area contributed by atoms with Gasteiger partial charge in [0.15, 0.2) is 6.30 Å². The Morgan fingerprint density at radius 2 is 1.89 bits per heavy atom. The van der Waals surface area contributed by atoms with E-state index < -0.39 is 24.1 Å². The highest BCUT2D eigenvalue weighted by Gasteiger charge is 2.27. The molecule has 0 radical (unpaired) electrons. The van der Waals surface area contributed by atoms with Crippen LogP contribution in [-0.2, 0) is 6.54 Å². The number of nitrogens with two attached hydrogens (primary N) is 1. The van der Waals surface area contributed by atoms with Gasteiger partial charge in [0.05, 0.1) is 29.7 Å². The van der Waals surface area contributed by atoms with Gasteiger partial charge in [-0.3, -0.25) is 15.1 Å². The van der Waals surface area contributed by atoms with E-state index in [2.05, 4.69) is 20.6 Å². The molecule has 0 saturated heterocycles. The van der Waals surface area contributed by atoms with E-state index in [4.69, 9.17) is 5.73 Å². The van der Waals surface area contributed by atoms with Crippen molar-refractivity contribution in [3.63, 3.8) is 0 Å². The van der Waals surface area contributed by atoms with E-state index in [1.54, 1.807) is 42.6 Å². The van der Waals surface area contributed by atoms with Crippen LogP contribution in [0.1, 0.15) is 65.0 Å². The number of anilines is 1. The fourth-order valence-electron chi connectivity index (χ4n) is 4.36. The summed E-state index contributed by atoms with van der Waals surface area (Å²) in [6.45, 7) is -0.0344. The molecular weight excluding hydrogens is 579 g/mol. The summed E-state index contributed by atoms with van der Waals surface area (Å²) in [6, 6.07) is 11.4. The van der Waals surface area contributed by atoms with Gasteiger partial charge in [-0.1, -0.05) is 18.2 Å². The van der Waals surface area contributed by atoms with Crippen molar-refractivity contribution >= 4 is 34.3 Å². The van der Waals surface area contributed by atoms with Crippen molar-refractivity contribution in [2.45, 2.75) is 56.6 Å². The van der Waals surface area contributed by atoms with Gasteiger partial charge in [0.25, 0.3) is 5.91 Å². The Kier molecular flexibility index (Phi) is 8.81. The average molecular weight is 607 g/mol. The number of nitrogens with one attached hydrogen (secondary N) is 2. The van der Waals surface area contributed by atoms with E-state index in [9.17, 15) is 14.3 Å². The molecule has 1 aliphatic carbocycles. The number of benzene rings is 2. The maximum atomic E-state index is 15.6. The monoisotopic (exact) mass is 607 g/mol. The van der Waals surface area contributed by atoms with Gasteiger partial charge in [-0.25, -0.2) is 13.8 Å². The van der Waals surface area contributed by atoms with Crippen LogP contribution < -0.4 is 16.4 Å². The predicted octanol–water partition coefficient (Wildman–Crippen LogP) is 4.38. The molecule has 2 atom stereocenters. The summed E-state index contributed by atoms with van der Waals surface area (Å²) in [5, 5.41) is 15.2. The highest BCUT2D eigenvalue weighted by atomic mass is 127. The first kappa shape index (κ1) is 26.4. The van der Waals surface area contributed by atoms with Gasteiger partial charge in [0.2, 0.25) is 0 Å². The summed E-state index contributed by atoms with van der Waals surface area (Å²) in [4.78, 5) is 21.7. The quantitative estimate of drug-likeness (QED) is 0.224. The zero-order valence-corrected chi connectivity index (χ0v) is 21.7. The number of hydrogen-bond acceptors (Lipinski definition) is 6. The van der Waals surface area contributed by atoms with E-state index in [-0.39, 0.29) is 29.9 Å². The largest absolute Gasteiger partial charge is 0.393 e. The van der Waals surface area contributed by atoms with Crippen LogP contribution in [0.25, 0.3) is 0 Å². The van der Waals surface area contributed by atoms with Crippen molar-refractivity contribution in [3.05, 3.63) is 86.6 Å². The Bertz CT molecular complexity index is 1170. The number of carbonyl (C=O) groups is 1. The highest BCUT2D eigenvalue weighted by molar-refractivity contribution is 14.1. The SMILES string of the molecule is Nc1ncc(C2CCC(O)CC2)nc1CNC(F)[C@@H](NC(=O)c1ccccc1)c1cc(F)cc(I)c1. The van der Waals surface area contributed by atoms with Crippen LogP contribution in [0.2, 0.25) is 0 Å². The second kappa shape index (κ2) is 12.0. The second-order valence-corrected chi connectivity index (χ2v) is 10.2. The van der Waals surface area contributed by atoms with Crippen LogP contribution in [-0.4, -0.2) is 33.4 Å². The van der Waals surface area contributed by atoms with Crippen molar-refractivity contribution < 1.29 is 18.7 Å². The summed E-state index contributed by atoms with van der Waals surface area (Å²) in [6.07, 6.45) is 2.56. The first-order chi connectivity index (χ1) is 17.3. The van der Waals surface area contributed by atoms with E-state index in [1.807, 2.05) is 22.6 Å². The van der Waals surface area contributed by atoms with Gasteiger partial charge < -0.3 is 16.2 Å². The summed E-state index contributed by atoms with van der Waals surface area (Å²) in [5.41, 5.74) is 7.82. The second-order valence-electron chi connectivity index (χ2n) is 8.93. The minimum absolute atomic E-state index is 0.0344. The van der Waals surface area contributed by atoms with Gasteiger partial charge in [0, 0.05) is 21.6 Å². The molecule has 1 fully saturated rings. The molecule has 7 nitrogen and oxygen atoms in total. The molecule has 5 N–H and O–H groups in total. The van der Waals surface area contributed by atoms with Crippen LogP contribution in [0.15, 0.2) is 54.7 Å². The van der Waals surface area contributed by atoms with Gasteiger partial charge >= 0.3 is 0 Å². The average Bonchev–Trinajstić information content (AvgIpc) is 2.87. The fraction of sp³-hybridized carbons (Fsp3) is 0.346. The number of aliphatic hydroxyl groups excluding tert-OH is 1. The minimum Gasteiger partial charge on any atom is -0.393 e. The third kappa shape index (κ3) is 6.74. The Morgan fingerprint density at radius 1 is 1.17 bits per heavy atom. The molecule has 2 aromatic carbocycles. The summed E-state index contributed by atoms with van der Waals surface area (Å²) >= 11 is 1.95. The molecule has 190 valence electrons. The van der Waals surface area contributed by atoms with Crippen molar-refractivity contribution in [2.75, 3.05) is 5.73 Å². The molecule has 0 aliphatic heterocycles. The standard InChI is InChI=1S/C26H28F2IN5O2/c27-18-10-17(11-19(29)12-18)23(34-26(36)16-4-2-1-3-5-16)24(28)31-14-22-25(30)32-13-21(33-22)15-6-8-20(35)9-7-15/h1-5,10-13,15,20,23-24,31,35H,6-9,14H2,(H2,30,32)(H,34,36)/t15?,20?,23-,24?/m0/s1. The molecule has 1 aliphatic rings. The van der Waals surface area contributed by atoms with Gasteiger partial charge in [-0.2, -0.15) is 0 Å². The number of nitrogens with zero attached hydrogens (tertiary/aromatic N) is 2. The summed E-state index contributed by atoms with van der Waals surface area (Å²) < 4.78 is 30.4. The lowest BCUT2D eigenvalue weighted by Crippen LogP contribution is -2.41. The van der Waals surface area contributed by atoms with Crippen molar-refractivity contribution in [2.24, 2.45) is 0 Å². The molecule has 36 heavy (non-hydrogen) atoms. The molecule has 0 spiro atoms. The fourth-order valence-corrected chi connectivity index (χ4v) is 5.01. The lowest BCUT2D eigenvalue weighted by molar-refractivity contribution is 0.0893. The molecule has 0 bridgehead atoms. The molecular formula is C26H28F2IN5O2. The van der Waals surface area contributed by atoms with E-state index in [1.165, 1.54) is 12.1 Å². The highest BCUT2D eigenvalue weighted by Crippen LogP contribution is 2.32. The van der Waals surface area contributed by atoms with Crippen LogP contribution in [0.5, 0.6) is 0 Å². The van der Waals surface area contributed by atoms with Crippen LogP contribution in [0.3, 0.4) is 0 Å². The normalized spacial score (nSPS) is 19.4. The molecule has 1 aromatic heterocycles. The number of carbonyl (C=O) groups excluding carboxylic acids is 1. The lowest BCUT2D eigenvalue weighted by Gasteiger charge is -2.26. The number of halogens is 3. The third-order valence-corrected chi connectivity index (χ3v) is 6.96. The number of nitrogen functional groups attached to an aromatic ring is 1. The maximum Gasteiger partial charge on any atom is 0.251 e. The zero-order valence-electron chi connectivity index (χ0n) is 19.5. The van der Waals surface area contributed by atoms with Crippen molar-refractivity contribution in [3.8, 4) is 0 Å². The van der Waals surface area contributed by atoms with E-state index >= 15 is 4.39 Å². The van der Waals surface area contributed by atoms with Crippen LogP contribution >= 0.6 is 22.6 Å². The smallest absolute Gasteiger partial charge is 0.251 e. The van der Waals surface area contributed by atoms with Crippen molar-refractivity contribution in [1.82, 2.24) is 20.6 Å². The third-order valence-electron chi connectivity index (χ3n) is 6.33. The minimum atomic E-state index is -1.77. The number of hydrogen-bond donors (Lipinski definition) is 4. The number of aromatic nitrogens is 2. The summed E-state index contributed by atoms with van der Waals surface area (Å²) in [7, 11) is 0. The Labute approximate surface area is 222 Å². The molecule has 1 saturated carbocycles. The molecule has 10 heteroatoms.